The Kier molecular flexibility index (Phi) is 5.19. The lowest BCUT2D eigenvalue weighted by atomic mass is 10.2. The van der Waals surface area contributed by atoms with Crippen LogP contribution >= 0.6 is 23.2 Å². The van der Waals surface area contributed by atoms with Gasteiger partial charge in [0.1, 0.15) is 0 Å². The van der Waals surface area contributed by atoms with E-state index in [1.165, 1.54) is 6.07 Å². The molecule has 1 aliphatic heterocycles. The van der Waals surface area contributed by atoms with Crippen molar-refractivity contribution in [3.05, 3.63) is 56.6 Å². The molecule has 3 heterocycles. The third-order valence-electron chi connectivity index (χ3n) is 4.56. The summed E-state index contributed by atoms with van der Waals surface area (Å²) < 4.78 is 0. The number of rotatable bonds is 4. The molecule has 1 saturated heterocycles. The summed E-state index contributed by atoms with van der Waals surface area (Å²) in [6.45, 7) is 3.83. The number of H-pyrrole nitrogens is 1. The topological polar surface area (TPSA) is 86.8 Å². The summed E-state index contributed by atoms with van der Waals surface area (Å²) >= 11 is 12.1. The molecule has 0 radical (unpaired) electrons. The van der Waals surface area contributed by atoms with Crippen LogP contribution in [0.4, 0.5) is 17.6 Å². The molecule has 4 rings (SSSR count). The zero-order chi connectivity index (χ0) is 19.7. The number of aromatic nitrogens is 4. The van der Waals surface area contributed by atoms with Crippen LogP contribution in [0, 0.1) is 6.92 Å². The van der Waals surface area contributed by atoms with E-state index in [2.05, 4.69) is 30.2 Å². The SMILES string of the molecule is Cc1nc(N2CCCC2)ncc1-c1cc(=O)[nH]c(Nc2ccc(Cl)cc2Cl)n1. The van der Waals surface area contributed by atoms with E-state index in [9.17, 15) is 4.79 Å². The molecule has 1 aromatic carbocycles. The monoisotopic (exact) mass is 416 g/mol. The van der Waals surface area contributed by atoms with Crippen molar-refractivity contribution in [2.24, 2.45) is 0 Å². The van der Waals surface area contributed by atoms with Gasteiger partial charge in [-0.1, -0.05) is 23.2 Å². The first-order chi connectivity index (χ1) is 13.5. The summed E-state index contributed by atoms with van der Waals surface area (Å²) in [7, 11) is 0. The first kappa shape index (κ1) is 18.7. The minimum absolute atomic E-state index is 0.273. The van der Waals surface area contributed by atoms with Gasteiger partial charge in [0.05, 0.1) is 22.1 Å². The van der Waals surface area contributed by atoms with Crippen molar-refractivity contribution in [1.82, 2.24) is 19.9 Å². The lowest BCUT2D eigenvalue weighted by molar-refractivity contribution is 0.889. The van der Waals surface area contributed by atoms with Crippen molar-refractivity contribution < 1.29 is 0 Å². The van der Waals surface area contributed by atoms with Gasteiger partial charge in [-0.05, 0) is 38.0 Å². The van der Waals surface area contributed by atoms with Crippen LogP contribution in [0.25, 0.3) is 11.3 Å². The number of aryl methyl sites for hydroxylation is 1. The third-order valence-corrected chi connectivity index (χ3v) is 5.11. The summed E-state index contributed by atoms with van der Waals surface area (Å²) in [4.78, 5) is 30.6. The molecule has 0 bridgehead atoms. The van der Waals surface area contributed by atoms with Gasteiger partial charge in [-0.25, -0.2) is 15.0 Å². The Balaban J connectivity index is 1.66. The highest BCUT2D eigenvalue weighted by Crippen LogP contribution is 2.28. The number of hydrogen-bond acceptors (Lipinski definition) is 6. The fourth-order valence-electron chi connectivity index (χ4n) is 3.15. The summed E-state index contributed by atoms with van der Waals surface area (Å²) in [5.74, 6) is 0.990. The van der Waals surface area contributed by atoms with Crippen LogP contribution in [0.3, 0.4) is 0 Å². The lowest BCUT2D eigenvalue weighted by Crippen LogP contribution is -2.20. The molecule has 0 spiro atoms. The molecule has 0 atom stereocenters. The molecule has 28 heavy (non-hydrogen) atoms. The van der Waals surface area contributed by atoms with Crippen molar-refractivity contribution in [3.63, 3.8) is 0 Å². The van der Waals surface area contributed by atoms with Crippen LogP contribution in [0.5, 0.6) is 0 Å². The van der Waals surface area contributed by atoms with Gasteiger partial charge in [0.25, 0.3) is 5.56 Å². The predicted octanol–water partition coefficient (Wildman–Crippen LogP) is 4.19. The normalized spacial score (nSPS) is 13.8. The summed E-state index contributed by atoms with van der Waals surface area (Å²) in [6.07, 6.45) is 4.03. The second-order valence-corrected chi connectivity index (χ2v) is 7.44. The standard InChI is InChI=1S/C19H18Cl2N6O/c1-11-13(10-22-19(23-11)27-6-2-3-7-27)16-9-17(28)26-18(25-16)24-15-5-4-12(20)8-14(15)21/h4-5,8-10H,2-3,6-7H2,1H3,(H2,24,25,26,28). The number of halogens is 2. The summed E-state index contributed by atoms with van der Waals surface area (Å²) in [5, 5.41) is 3.97. The highest BCUT2D eigenvalue weighted by molar-refractivity contribution is 6.36. The fourth-order valence-corrected chi connectivity index (χ4v) is 3.60. The van der Waals surface area contributed by atoms with Crippen LogP contribution in [-0.4, -0.2) is 33.0 Å². The van der Waals surface area contributed by atoms with E-state index in [1.807, 2.05) is 6.92 Å². The summed E-state index contributed by atoms with van der Waals surface area (Å²) in [6, 6.07) is 6.46. The number of anilines is 3. The van der Waals surface area contributed by atoms with Gasteiger partial charge in [-0.2, -0.15) is 0 Å². The largest absolute Gasteiger partial charge is 0.341 e. The Morgan fingerprint density at radius 2 is 1.93 bits per heavy atom. The van der Waals surface area contributed by atoms with Gasteiger partial charge in [-0.3, -0.25) is 9.78 Å². The third kappa shape index (κ3) is 3.95. The van der Waals surface area contributed by atoms with E-state index in [0.717, 1.165) is 37.6 Å². The van der Waals surface area contributed by atoms with Crippen LogP contribution in [-0.2, 0) is 0 Å². The zero-order valence-electron chi connectivity index (χ0n) is 15.2. The molecule has 3 aromatic rings. The number of hydrogen-bond donors (Lipinski definition) is 2. The van der Waals surface area contributed by atoms with Gasteiger partial charge in [0.2, 0.25) is 11.9 Å². The Hall–Kier alpha value is -2.64. The van der Waals surface area contributed by atoms with E-state index in [1.54, 1.807) is 24.4 Å². The van der Waals surface area contributed by atoms with E-state index in [0.29, 0.717) is 27.0 Å². The van der Waals surface area contributed by atoms with Gasteiger partial charge < -0.3 is 10.2 Å². The van der Waals surface area contributed by atoms with Crippen molar-refractivity contribution in [2.75, 3.05) is 23.3 Å². The smallest absolute Gasteiger partial charge is 0.252 e. The lowest BCUT2D eigenvalue weighted by Gasteiger charge is -2.16. The van der Waals surface area contributed by atoms with Crippen molar-refractivity contribution >= 4 is 40.8 Å². The second-order valence-electron chi connectivity index (χ2n) is 6.59. The fraction of sp³-hybridized carbons (Fsp3) is 0.263. The molecular formula is C19H18Cl2N6O. The van der Waals surface area contributed by atoms with Crippen LogP contribution < -0.4 is 15.8 Å². The summed E-state index contributed by atoms with van der Waals surface area (Å²) in [5.41, 5.74) is 2.26. The van der Waals surface area contributed by atoms with E-state index < -0.39 is 0 Å². The molecule has 0 saturated carbocycles. The minimum atomic E-state index is -0.291. The molecule has 1 fully saturated rings. The molecule has 0 unspecified atom stereocenters. The van der Waals surface area contributed by atoms with Gasteiger partial charge in [-0.15, -0.1) is 0 Å². The van der Waals surface area contributed by atoms with Crippen LogP contribution in [0.1, 0.15) is 18.5 Å². The quantitative estimate of drug-likeness (QED) is 0.662. The highest BCUT2D eigenvalue weighted by Gasteiger charge is 2.17. The predicted molar refractivity (Wildman–Crippen MR) is 112 cm³/mol. The highest BCUT2D eigenvalue weighted by atomic mass is 35.5. The zero-order valence-corrected chi connectivity index (χ0v) is 16.7. The number of aromatic amines is 1. The maximum Gasteiger partial charge on any atom is 0.252 e. The van der Waals surface area contributed by atoms with E-state index in [-0.39, 0.29) is 11.5 Å². The Morgan fingerprint density at radius 3 is 2.64 bits per heavy atom. The first-order valence-corrected chi connectivity index (χ1v) is 9.67. The van der Waals surface area contributed by atoms with Gasteiger partial charge in [0, 0.05) is 35.9 Å². The average Bonchev–Trinajstić information content (AvgIpc) is 3.18. The van der Waals surface area contributed by atoms with Gasteiger partial charge in [0.15, 0.2) is 0 Å². The Morgan fingerprint density at radius 1 is 1.14 bits per heavy atom. The van der Waals surface area contributed by atoms with Crippen molar-refractivity contribution in [1.29, 1.82) is 0 Å². The Bertz CT molecular complexity index is 1080. The maximum atomic E-state index is 12.2. The molecule has 0 amide bonds. The first-order valence-electron chi connectivity index (χ1n) is 8.92. The van der Waals surface area contributed by atoms with Crippen molar-refractivity contribution in [3.8, 4) is 11.3 Å². The minimum Gasteiger partial charge on any atom is -0.341 e. The number of nitrogens with zero attached hydrogens (tertiary/aromatic N) is 4. The molecular weight excluding hydrogens is 399 g/mol. The molecule has 144 valence electrons. The Labute approximate surface area is 171 Å². The second kappa shape index (κ2) is 7.77. The molecule has 0 aliphatic carbocycles. The van der Waals surface area contributed by atoms with Crippen molar-refractivity contribution in [2.45, 2.75) is 19.8 Å². The van der Waals surface area contributed by atoms with E-state index in [4.69, 9.17) is 23.2 Å². The van der Waals surface area contributed by atoms with Gasteiger partial charge >= 0.3 is 0 Å². The average molecular weight is 417 g/mol. The molecule has 1 aliphatic rings. The molecule has 2 aromatic heterocycles. The van der Waals surface area contributed by atoms with E-state index >= 15 is 0 Å². The van der Waals surface area contributed by atoms with Crippen LogP contribution in [0.2, 0.25) is 10.0 Å². The number of benzene rings is 1. The molecule has 9 heteroatoms. The maximum absolute atomic E-state index is 12.2. The number of nitrogens with one attached hydrogen (secondary N) is 2. The van der Waals surface area contributed by atoms with Crippen LogP contribution in [0.15, 0.2) is 35.3 Å². The molecule has 2 N–H and O–H groups in total. The molecule has 7 nitrogen and oxygen atoms in total.